The van der Waals surface area contributed by atoms with Crippen LogP contribution in [0.4, 0.5) is 5.13 Å². The molecular formula is C26H27N3O3S2. The third-order valence-corrected chi connectivity index (χ3v) is 7.66. The third-order valence-electron chi connectivity index (χ3n) is 5.49. The molecule has 8 heteroatoms. The Bertz CT molecular complexity index is 1400. The van der Waals surface area contributed by atoms with E-state index in [9.17, 15) is 13.2 Å². The number of nitrogens with zero attached hydrogens (tertiary/aromatic N) is 3. The molecule has 0 aliphatic rings. The second-order valence-electron chi connectivity index (χ2n) is 8.46. The average Bonchev–Trinajstić information content (AvgIpc) is 3.23. The molecule has 0 saturated carbocycles. The number of carbonyl (C=O) groups excluding carboxylic acids is 1. The number of fused-ring (bicyclic) bond motifs is 1. The average molecular weight is 494 g/mol. The van der Waals surface area contributed by atoms with E-state index < -0.39 is 9.84 Å². The standard InChI is InChI=1S/C26H27N3O3S2/c1-28(2)16-17-29(26-27-25-22(33-26)10-7-11-23(25)34(3,31)32)24(30)18-19-12-14-21(15-13-19)20-8-5-4-6-9-20/h4-15H,16-18H2,1-3H3. The van der Waals surface area contributed by atoms with Gasteiger partial charge in [0.15, 0.2) is 15.0 Å². The number of aromatic nitrogens is 1. The predicted molar refractivity (Wildman–Crippen MR) is 139 cm³/mol. The van der Waals surface area contributed by atoms with Gasteiger partial charge in [-0.3, -0.25) is 9.69 Å². The molecule has 6 nitrogen and oxygen atoms in total. The number of rotatable bonds is 8. The fraction of sp³-hybridized carbons (Fsp3) is 0.231. The molecule has 1 amide bonds. The maximum atomic E-state index is 13.4. The molecule has 176 valence electrons. The van der Waals surface area contributed by atoms with Gasteiger partial charge in [0.05, 0.1) is 16.0 Å². The first kappa shape index (κ1) is 24.1. The van der Waals surface area contributed by atoms with Gasteiger partial charge in [0, 0.05) is 19.3 Å². The Morgan fingerprint density at radius 2 is 1.56 bits per heavy atom. The number of benzene rings is 3. The number of anilines is 1. The van der Waals surface area contributed by atoms with E-state index in [4.69, 9.17) is 0 Å². The monoisotopic (exact) mass is 493 g/mol. The fourth-order valence-electron chi connectivity index (χ4n) is 3.67. The molecule has 0 spiro atoms. The van der Waals surface area contributed by atoms with Crippen LogP contribution in [-0.4, -0.2) is 57.6 Å². The van der Waals surface area contributed by atoms with Gasteiger partial charge < -0.3 is 4.90 Å². The Kier molecular flexibility index (Phi) is 7.11. The molecule has 0 unspecified atom stereocenters. The smallest absolute Gasteiger partial charge is 0.233 e. The lowest BCUT2D eigenvalue weighted by atomic mass is 10.0. The first-order valence-electron chi connectivity index (χ1n) is 10.9. The second-order valence-corrected chi connectivity index (χ2v) is 11.5. The zero-order valence-corrected chi connectivity index (χ0v) is 21.1. The number of hydrogen-bond acceptors (Lipinski definition) is 6. The summed E-state index contributed by atoms with van der Waals surface area (Å²) in [7, 11) is 0.468. The number of sulfone groups is 1. The van der Waals surface area contributed by atoms with Gasteiger partial charge in [-0.1, -0.05) is 72.0 Å². The normalized spacial score (nSPS) is 11.8. The molecule has 34 heavy (non-hydrogen) atoms. The van der Waals surface area contributed by atoms with Crippen LogP contribution in [0.15, 0.2) is 77.7 Å². The van der Waals surface area contributed by atoms with Gasteiger partial charge in [-0.2, -0.15) is 0 Å². The van der Waals surface area contributed by atoms with Crippen molar-refractivity contribution in [3.63, 3.8) is 0 Å². The highest BCUT2D eigenvalue weighted by atomic mass is 32.2. The van der Waals surface area contributed by atoms with E-state index in [1.807, 2.05) is 67.5 Å². The van der Waals surface area contributed by atoms with Crippen LogP contribution in [0.1, 0.15) is 5.56 Å². The topological polar surface area (TPSA) is 70.6 Å². The molecule has 1 heterocycles. The minimum Gasteiger partial charge on any atom is -0.308 e. The van der Waals surface area contributed by atoms with Gasteiger partial charge in [0.25, 0.3) is 0 Å². The van der Waals surface area contributed by atoms with Crippen LogP contribution in [0.3, 0.4) is 0 Å². The van der Waals surface area contributed by atoms with Gasteiger partial charge in [-0.25, -0.2) is 13.4 Å². The van der Waals surface area contributed by atoms with E-state index in [2.05, 4.69) is 17.1 Å². The van der Waals surface area contributed by atoms with Crippen molar-refractivity contribution in [1.29, 1.82) is 0 Å². The van der Waals surface area contributed by atoms with Gasteiger partial charge in [0.1, 0.15) is 5.52 Å². The predicted octanol–water partition coefficient (Wildman–Crippen LogP) is 4.50. The lowest BCUT2D eigenvalue weighted by Gasteiger charge is -2.22. The number of amides is 1. The SMILES string of the molecule is CN(C)CCN(C(=O)Cc1ccc(-c2ccccc2)cc1)c1nc2c(S(C)(=O)=O)cccc2s1. The maximum absolute atomic E-state index is 13.4. The van der Waals surface area contributed by atoms with E-state index in [1.54, 1.807) is 17.0 Å². The summed E-state index contributed by atoms with van der Waals surface area (Å²) in [6.07, 6.45) is 1.41. The highest BCUT2D eigenvalue weighted by molar-refractivity contribution is 7.91. The summed E-state index contributed by atoms with van der Waals surface area (Å²) in [5.41, 5.74) is 3.56. The van der Waals surface area contributed by atoms with Gasteiger partial charge >= 0.3 is 0 Å². The molecule has 0 aliphatic heterocycles. The molecule has 3 aromatic carbocycles. The molecule has 0 N–H and O–H groups in total. The van der Waals surface area contributed by atoms with Gasteiger partial charge in [-0.15, -0.1) is 0 Å². The van der Waals surface area contributed by atoms with E-state index in [-0.39, 0.29) is 17.2 Å². The Labute approximate surface area is 204 Å². The van der Waals surface area contributed by atoms with Crippen LogP contribution in [0.25, 0.3) is 21.3 Å². The molecule has 0 fully saturated rings. The molecule has 1 aromatic heterocycles. The van der Waals surface area contributed by atoms with Crippen molar-refractivity contribution in [3.05, 3.63) is 78.4 Å². The number of hydrogen-bond donors (Lipinski definition) is 0. The van der Waals surface area contributed by atoms with E-state index in [0.717, 1.165) is 21.4 Å². The lowest BCUT2D eigenvalue weighted by Crippen LogP contribution is -2.37. The molecule has 0 saturated heterocycles. The molecule has 4 aromatic rings. The van der Waals surface area contributed by atoms with Crippen LogP contribution in [0.2, 0.25) is 0 Å². The van der Waals surface area contributed by atoms with Crippen molar-refractivity contribution in [1.82, 2.24) is 9.88 Å². The first-order chi connectivity index (χ1) is 16.2. The van der Waals surface area contributed by atoms with E-state index in [1.165, 1.54) is 17.6 Å². The maximum Gasteiger partial charge on any atom is 0.233 e. The largest absolute Gasteiger partial charge is 0.308 e. The van der Waals surface area contributed by atoms with Crippen LogP contribution in [-0.2, 0) is 21.1 Å². The number of likely N-dealkylation sites (N-methyl/N-ethyl adjacent to an activating group) is 1. The summed E-state index contributed by atoms with van der Waals surface area (Å²) in [4.78, 5) is 21.9. The second kappa shape index (κ2) is 10.0. The first-order valence-corrected chi connectivity index (χ1v) is 13.6. The minimum atomic E-state index is -3.43. The Morgan fingerprint density at radius 3 is 2.21 bits per heavy atom. The molecular weight excluding hydrogens is 466 g/mol. The van der Waals surface area contributed by atoms with Crippen molar-refractivity contribution in [2.75, 3.05) is 38.3 Å². The van der Waals surface area contributed by atoms with E-state index in [0.29, 0.717) is 23.7 Å². The highest BCUT2D eigenvalue weighted by Crippen LogP contribution is 2.33. The minimum absolute atomic E-state index is 0.0747. The molecule has 0 aliphatic carbocycles. The highest BCUT2D eigenvalue weighted by Gasteiger charge is 2.23. The van der Waals surface area contributed by atoms with Crippen molar-refractivity contribution in [2.24, 2.45) is 0 Å². The zero-order valence-electron chi connectivity index (χ0n) is 19.4. The Hall–Kier alpha value is -3.07. The lowest BCUT2D eigenvalue weighted by molar-refractivity contribution is -0.118. The van der Waals surface area contributed by atoms with Gasteiger partial charge in [-0.05, 0) is 42.9 Å². The Morgan fingerprint density at radius 1 is 0.882 bits per heavy atom. The van der Waals surface area contributed by atoms with Crippen molar-refractivity contribution in [3.8, 4) is 11.1 Å². The summed E-state index contributed by atoms with van der Waals surface area (Å²) >= 11 is 1.34. The number of carbonyl (C=O) groups is 1. The van der Waals surface area contributed by atoms with Crippen molar-refractivity contribution >= 4 is 42.4 Å². The summed E-state index contributed by atoms with van der Waals surface area (Å²) < 4.78 is 25.2. The van der Waals surface area contributed by atoms with Gasteiger partial charge in [0.2, 0.25) is 5.91 Å². The van der Waals surface area contributed by atoms with Crippen LogP contribution in [0.5, 0.6) is 0 Å². The summed E-state index contributed by atoms with van der Waals surface area (Å²) in [6, 6.07) is 23.2. The van der Waals surface area contributed by atoms with Crippen LogP contribution >= 0.6 is 11.3 Å². The molecule has 0 bridgehead atoms. The summed E-state index contributed by atoms with van der Waals surface area (Å²) in [5, 5.41) is 0.513. The Balaban J connectivity index is 1.62. The van der Waals surface area contributed by atoms with Crippen molar-refractivity contribution in [2.45, 2.75) is 11.3 Å². The number of para-hydroxylation sites is 1. The van der Waals surface area contributed by atoms with Crippen LogP contribution in [0, 0.1) is 0 Å². The summed E-state index contributed by atoms with van der Waals surface area (Å²) in [6.45, 7) is 1.12. The van der Waals surface area contributed by atoms with Crippen molar-refractivity contribution < 1.29 is 13.2 Å². The van der Waals surface area contributed by atoms with E-state index >= 15 is 0 Å². The number of thiazole rings is 1. The molecule has 0 radical (unpaired) electrons. The summed E-state index contributed by atoms with van der Waals surface area (Å²) in [5.74, 6) is -0.0747. The zero-order chi connectivity index (χ0) is 24.3. The fourth-order valence-corrected chi connectivity index (χ4v) is 5.60. The molecule has 0 atom stereocenters. The molecule has 4 rings (SSSR count). The van der Waals surface area contributed by atoms with Crippen LogP contribution < -0.4 is 4.90 Å². The third kappa shape index (κ3) is 5.52. The quantitative estimate of drug-likeness (QED) is 0.361.